The summed E-state index contributed by atoms with van der Waals surface area (Å²) in [6.07, 6.45) is 78.2. The van der Waals surface area contributed by atoms with Crippen LogP contribution in [0, 0.1) is 0 Å². The van der Waals surface area contributed by atoms with Gasteiger partial charge >= 0.3 is 17.9 Å². The number of carbonyl (C=O) groups is 3. The van der Waals surface area contributed by atoms with Gasteiger partial charge in [0.2, 0.25) is 0 Å². The number of carbonyl (C=O) groups excluding carboxylic acids is 3. The van der Waals surface area contributed by atoms with Gasteiger partial charge in [-0.05, 0) is 122 Å². The number of unbranched alkanes of at least 4 members (excludes halogenated alkanes) is 26. The highest BCUT2D eigenvalue weighted by atomic mass is 16.6. The molecular formula is C65H110O6. The van der Waals surface area contributed by atoms with E-state index in [0.29, 0.717) is 19.3 Å². The molecule has 0 spiro atoms. The summed E-state index contributed by atoms with van der Waals surface area (Å²) in [4.78, 5) is 38.2. The maximum Gasteiger partial charge on any atom is 0.306 e. The normalized spacial score (nSPS) is 12.8. The van der Waals surface area contributed by atoms with Gasteiger partial charge < -0.3 is 14.2 Å². The van der Waals surface area contributed by atoms with Gasteiger partial charge in [0.05, 0.1) is 0 Å². The fraction of sp³-hybridized carbons (Fsp3) is 0.708. The van der Waals surface area contributed by atoms with E-state index in [4.69, 9.17) is 14.2 Å². The number of rotatable bonds is 53. The molecule has 6 heteroatoms. The van der Waals surface area contributed by atoms with Gasteiger partial charge in [0, 0.05) is 19.3 Å². The Hall–Kier alpha value is -3.67. The third kappa shape index (κ3) is 57.1. The van der Waals surface area contributed by atoms with Crippen LogP contribution in [0.15, 0.2) is 97.2 Å². The molecular weight excluding hydrogens is 877 g/mol. The molecule has 0 saturated carbocycles. The van der Waals surface area contributed by atoms with Crippen molar-refractivity contribution in [3.8, 4) is 0 Å². The molecule has 0 rings (SSSR count). The van der Waals surface area contributed by atoms with Gasteiger partial charge in [-0.25, -0.2) is 0 Å². The van der Waals surface area contributed by atoms with Crippen LogP contribution in [0.25, 0.3) is 0 Å². The van der Waals surface area contributed by atoms with Crippen LogP contribution in [0.3, 0.4) is 0 Å². The maximum atomic E-state index is 12.9. The lowest BCUT2D eigenvalue weighted by Gasteiger charge is -2.18. The van der Waals surface area contributed by atoms with Gasteiger partial charge in [-0.3, -0.25) is 14.4 Å². The van der Waals surface area contributed by atoms with E-state index in [0.717, 1.165) is 116 Å². The molecule has 0 amide bonds. The first-order chi connectivity index (χ1) is 35.0. The van der Waals surface area contributed by atoms with Crippen LogP contribution in [-0.4, -0.2) is 37.2 Å². The summed E-state index contributed by atoms with van der Waals surface area (Å²) in [5, 5.41) is 0. The van der Waals surface area contributed by atoms with E-state index >= 15 is 0 Å². The fourth-order valence-corrected chi connectivity index (χ4v) is 8.08. The predicted molar refractivity (Wildman–Crippen MR) is 307 cm³/mol. The van der Waals surface area contributed by atoms with Crippen molar-refractivity contribution in [3.05, 3.63) is 97.2 Å². The minimum absolute atomic E-state index is 0.0926. The standard InChI is InChI=1S/C65H110O6/c1-4-7-10-13-16-19-22-25-28-31-32-35-37-40-43-46-49-52-55-58-64(67)70-61-62(71-65(68)59-56-53-50-47-44-41-38-34-30-27-24-21-18-15-12-9-6-3)60-69-63(66)57-54-51-48-45-42-39-36-33-29-26-23-20-17-14-11-8-5-2/h9,12,16-21,25-30,38,41,62H,4-8,10-11,13-15,22-24,31-37,39-40,42-61H2,1-3H3/b12-9-,19-16-,20-17-,21-18-,28-25-,29-26-,30-27-,41-38-. The Labute approximate surface area is 438 Å². The molecule has 0 radical (unpaired) electrons. The second-order valence-corrected chi connectivity index (χ2v) is 19.5. The van der Waals surface area contributed by atoms with Gasteiger partial charge in [-0.1, -0.05) is 234 Å². The van der Waals surface area contributed by atoms with Gasteiger partial charge in [0.25, 0.3) is 0 Å². The molecule has 71 heavy (non-hydrogen) atoms. The first-order valence-electron chi connectivity index (χ1n) is 29.7. The predicted octanol–water partition coefficient (Wildman–Crippen LogP) is 20.1. The van der Waals surface area contributed by atoms with Crippen molar-refractivity contribution in [3.63, 3.8) is 0 Å². The molecule has 6 nitrogen and oxygen atoms in total. The van der Waals surface area contributed by atoms with Crippen LogP contribution < -0.4 is 0 Å². The van der Waals surface area contributed by atoms with Crippen LogP contribution in [0.2, 0.25) is 0 Å². The third-order valence-electron chi connectivity index (χ3n) is 12.5. The maximum absolute atomic E-state index is 12.9. The summed E-state index contributed by atoms with van der Waals surface area (Å²) in [6.45, 7) is 6.46. The van der Waals surface area contributed by atoms with Crippen LogP contribution in [0.5, 0.6) is 0 Å². The molecule has 0 saturated heterocycles. The lowest BCUT2D eigenvalue weighted by atomic mass is 10.1. The molecule has 0 aromatic carbocycles. The second kappa shape index (κ2) is 58.9. The lowest BCUT2D eigenvalue weighted by Crippen LogP contribution is -2.30. The number of ether oxygens (including phenoxy) is 3. The van der Waals surface area contributed by atoms with E-state index in [1.165, 1.54) is 122 Å². The van der Waals surface area contributed by atoms with Crippen molar-refractivity contribution in [2.24, 2.45) is 0 Å². The molecule has 0 N–H and O–H groups in total. The van der Waals surface area contributed by atoms with E-state index in [9.17, 15) is 14.4 Å². The van der Waals surface area contributed by atoms with Gasteiger partial charge in [0.1, 0.15) is 13.2 Å². The Morgan fingerprint density at radius 3 is 0.859 bits per heavy atom. The van der Waals surface area contributed by atoms with Crippen LogP contribution in [0.1, 0.15) is 278 Å². The van der Waals surface area contributed by atoms with Crippen molar-refractivity contribution in [2.45, 2.75) is 284 Å². The average Bonchev–Trinajstić information content (AvgIpc) is 3.37. The third-order valence-corrected chi connectivity index (χ3v) is 12.5. The summed E-state index contributed by atoms with van der Waals surface area (Å²) in [6, 6.07) is 0. The molecule has 0 heterocycles. The zero-order valence-electron chi connectivity index (χ0n) is 46.5. The molecule has 0 aliphatic carbocycles. The first-order valence-corrected chi connectivity index (χ1v) is 29.7. The Balaban J connectivity index is 4.44. The Bertz CT molecular complexity index is 1410. The average molecular weight is 988 g/mol. The largest absolute Gasteiger partial charge is 0.462 e. The SMILES string of the molecule is CC/C=C\C/C=C\C/C=C\C/C=C\CCCCCCC(=O)OC(COC(=O)CCCCCCCCC/C=C\C/C=C\CCCCC)COC(=O)CCCCCCCCCCC/C=C\C/C=C\CCCCC. The van der Waals surface area contributed by atoms with Crippen molar-refractivity contribution >= 4 is 17.9 Å². The molecule has 0 aromatic heterocycles. The number of esters is 3. The highest BCUT2D eigenvalue weighted by Gasteiger charge is 2.19. The van der Waals surface area contributed by atoms with Crippen LogP contribution in [-0.2, 0) is 28.6 Å². The van der Waals surface area contributed by atoms with E-state index < -0.39 is 6.10 Å². The fourth-order valence-electron chi connectivity index (χ4n) is 8.08. The van der Waals surface area contributed by atoms with E-state index in [1.54, 1.807) is 0 Å². The second-order valence-electron chi connectivity index (χ2n) is 19.5. The number of hydrogen-bond acceptors (Lipinski definition) is 6. The zero-order valence-corrected chi connectivity index (χ0v) is 46.5. The van der Waals surface area contributed by atoms with Crippen molar-refractivity contribution in [1.29, 1.82) is 0 Å². The summed E-state index contributed by atoms with van der Waals surface area (Å²) >= 11 is 0. The number of hydrogen-bond donors (Lipinski definition) is 0. The molecule has 1 atom stereocenters. The Morgan fingerprint density at radius 1 is 0.296 bits per heavy atom. The molecule has 0 bridgehead atoms. The molecule has 0 aliphatic rings. The molecule has 0 fully saturated rings. The lowest BCUT2D eigenvalue weighted by molar-refractivity contribution is -0.167. The van der Waals surface area contributed by atoms with E-state index in [-0.39, 0.29) is 31.1 Å². The van der Waals surface area contributed by atoms with Gasteiger partial charge in [-0.2, -0.15) is 0 Å². The van der Waals surface area contributed by atoms with Crippen molar-refractivity contribution < 1.29 is 28.6 Å². The van der Waals surface area contributed by atoms with Crippen molar-refractivity contribution in [1.82, 2.24) is 0 Å². The summed E-state index contributed by atoms with van der Waals surface area (Å²) < 4.78 is 16.9. The molecule has 0 aromatic rings. The van der Waals surface area contributed by atoms with E-state index in [2.05, 4.69) is 118 Å². The minimum atomic E-state index is -0.798. The first kappa shape index (κ1) is 67.3. The zero-order chi connectivity index (χ0) is 51.4. The molecule has 406 valence electrons. The van der Waals surface area contributed by atoms with Crippen LogP contribution >= 0.6 is 0 Å². The molecule has 0 aliphatic heterocycles. The topological polar surface area (TPSA) is 78.9 Å². The highest BCUT2D eigenvalue weighted by molar-refractivity contribution is 5.71. The van der Waals surface area contributed by atoms with Gasteiger partial charge in [0.15, 0.2) is 6.10 Å². The summed E-state index contributed by atoms with van der Waals surface area (Å²) in [5.74, 6) is -0.923. The minimum Gasteiger partial charge on any atom is -0.462 e. The Kier molecular flexibility index (Phi) is 55.9. The van der Waals surface area contributed by atoms with Crippen molar-refractivity contribution in [2.75, 3.05) is 13.2 Å². The Morgan fingerprint density at radius 2 is 0.549 bits per heavy atom. The quantitative estimate of drug-likeness (QED) is 0.0261. The van der Waals surface area contributed by atoms with Gasteiger partial charge in [-0.15, -0.1) is 0 Å². The van der Waals surface area contributed by atoms with Crippen LogP contribution in [0.4, 0.5) is 0 Å². The van der Waals surface area contributed by atoms with E-state index in [1.807, 2.05) is 0 Å². The summed E-state index contributed by atoms with van der Waals surface area (Å²) in [5.41, 5.74) is 0. The molecule has 1 unspecified atom stereocenters. The highest BCUT2D eigenvalue weighted by Crippen LogP contribution is 2.15. The summed E-state index contributed by atoms with van der Waals surface area (Å²) in [7, 11) is 0. The smallest absolute Gasteiger partial charge is 0.306 e. The monoisotopic (exact) mass is 987 g/mol. The number of allylic oxidation sites excluding steroid dienone is 16.